The molecule has 100 valence electrons. The summed E-state index contributed by atoms with van der Waals surface area (Å²) in [6, 6.07) is 0.835. The minimum absolute atomic E-state index is 0.243. The molecule has 0 aromatic rings. The van der Waals surface area contributed by atoms with Gasteiger partial charge in [-0.25, -0.2) is 0 Å². The summed E-state index contributed by atoms with van der Waals surface area (Å²) in [5, 5.41) is 3.61. The molecule has 1 N–H and O–H groups in total. The topological polar surface area (TPSA) is 21.3 Å². The van der Waals surface area contributed by atoms with E-state index >= 15 is 0 Å². The Hall–Kier alpha value is -0.0800. The minimum Gasteiger partial charge on any atom is -0.375 e. The molecule has 0 aromatic heterocycles. The lowest BCUT2D eigenvalue weighted by Crippen LogP contribution is -2.43. The molecule has 2 aliphatic rings. The van der Waals surface area contributed by atoms with Crippen LogP contribution in [0.4, 0.5) is 0 Å². The molecule has 0 spiro atoms. The highest BCUT2D eigenvalue weighted by atomic mass is 16.5. The number of rotatable bonds is 7. The van der Waals surface area contributed by atoms with Crippen LogP contribution in [0.3, 0.4) is 0 Å². The van der Waals surface area contributed by atoms with Crippen LogP contribution in [0.25, 0.3) is 0 Å². The lowest BCUT2D eigenvalue weighted by molar-refractivity contribution is -0.110. The van der Waals surface area contributed by atoms with E-state index in [0.717, 1.165) is 19.2 Å². The number of hydrogen-bond donors (Lipinski definition) is 1. The molecule has 0 unspecified atom stereocenters. The second kappa shape index (κ2) is 5.27. The molecule has 0 radical (unpaired) electrons. The second-order valence-electron chi connectivity index (χ2n) is 7.17. The van der Waals surface area contributed by atoms with Crippen molar-refractivity contribution in [2.75, 3.05) is 13.2 Å². The van der Waals surface area contributed by atoms with Crippen LogP contribution in [-0.2, 0) is 4.74 Å². The Morgan fingerprint density at radius 1 is 1.24 bits per heavy atom. The standard InChI is InChI=1S/C15H29NO/c1-14(2,3)10-12-17-15(7-4-8-15)9-11-16-13-5-6-13/h13,16H,4-12H2,1-3H3. The van der Waals surface area contributed by atoms with E-state index in [-0.39, 0.29) is 5.60 Å². The highest BCUT2D eigenvalue weighted by molar-refractivity contribution is 4.91. The van der Waals surface area contributed by atoms with E-state index in [1.165, 1.54) is 44.9 Å². The van der Waals surface area contributed by atoms with Crippen LogP contribution < -0.4 is 5.32 Å². The van der Waals surface area contributed by atoms with Gasteiger partial charge in [0.05, 0.1) is 5.60 Å². The Balaban J connectivity index is 1.63. The zero-order valence-corrected chi connectivity index (χ0v) is 11.8. The summed E-state index contributed by atoms with van der Waals surface area (Å²) in [6.45, 7) is 8.96. The van der Waals surface area contributed by atoms with Gasteiger partial charge in [0.15, 0.2) is 0 Å². The van der Waals surface area contributed by atoms with E-state index < -0.39 is 0 Å². The third-order valence-corrected chi connectivity index (χ3v) is 4.12. The average Bonchev–Trinajstić information content (AvgIpc) is 2.94. The highest BCUT2D eigenvalue weighted by Gasteiger charge is 2.38. The predicted octanol–water partition coefficient (Wildman–Crippen LogP) is 3.50. The van der Waals surface area contributed by atoms with Crippen molar-refractivity contribution in [2.24, 2.45) is 5.41 Å². The summed E-state index contributed by atoms with van der Waals surface area (Å²) in [5.41, 5.74) is 0.643. The molecule has 17 heavy (non-hydrogen) atoms. The number of hydrogen-bond acceptors (Lipinski definition) is 2. The normalized spacial score (nSPS) is 23.5. The van der Waals surface area contributed by atoms with Gasteiger partial charge in [0, 0.05) is 12.6 Å². The first-order chi connectivity index (χ1) is 7.99. The largest absolute Gasteiger partial charge is 0.375 e. The van der Waals surface area contributed by atoms with Gasteiger partial charge in [0.1, 0.15) is 0 Å². The van der Waals surface area contributed by atoms with Crippen molar-refractivity contribution < 1.29 is 4.74 Å². The first-order valence-electron chi connectivity index (χ1n) is 7.37. The van der Waals surface area contributed by atoms with Crippen molar-refractivity contribution in [2.45, 2.75) is 77.4 Å². The van der Waals surface area contributed by atoms with Crippen molar-refractivity contribution in [3.8, 4) is 0 Å². The van der Waals surface area contributed by atoms with Gasteiger partial charge in [-0.3, -0.25) is 0 Å². The molecular formula is C15H29NO. The molecule has 2 saturated carbocycles. The Bertz CT molecular complexity index is 236. The summed E-state index contributed by atoms with van der Waals surface area (Å²) in [4.78, 5) is 0. The molecule has 2 heteroatoms. The van der Waals surface area contributed by atoms with Crippen LogP contribution >= 0.6 is 0 Å². The fourth-order valence-electron chi connectivity index (χ4n) is 2.40. The predicted molar refractivity (Wildman–Crippen MR) is 72.2 cm³/mol. The van der Waals surface area contributed by atoms with E-state index in [1.807, 2.05) is 0 Å². The maximum atomic E-state index is 6.20. The molecule has 0 amide bonds. The first-order valence-corrected chi connectivity index (χ1v) is 7.37. The van der Waals surface area contributed by atoms with Crippen LogP contribution in [-0.4, -0.2) is 24.8 Å². The van der Waals surface area contributed by atoms with Crippen molar-refractivity contribution in [1.29, 1.82) is 0 Å². The Labute approximate surface area is 107 Å². The number of nitrogens with one attached hydrogen (secondary N) is 1. The zero-order valence-electron chi connectivity index (χ0n) is 11.8. The molecule has 2 fully saturated rings. The average molecular weight is 239 g/mol. The monoisotopic (exact) mass is 239 g/mol. The Kier molecular flexibility index (Phi) is 4.14. The molecular weight excluding hydrogens is 210 g/mol. The van der Waals surface area contributed by atoms with E-state index in [1.54, 1.807) is 0 Å². The minimum atomic E-state index is 0.243. The lowest BCUT2D eigenvalue weighted by atomic mass is 9.77. The van der Waals surface area contributed by atoms with E-state index in [0.29, 0.717) is 5.41 Å². The van der Waals surface area contributed by atoms with Gasteiger partial charge in [0.2, 0.25) is 0 Å². The molecule has 0 aromatic carbocycles. The van der Waals surface area contributed by atoms with Gasteiger partial charge >= 0.3 is 0 Å². The molecule has 2 nitrogen and oxygen atoms in total. The maximum absolute atomic E-state index is 6.20. The molecule has 0 heterocycles. The summed E-state index contributed by atoms with van der Waals surface area (Å²) in [6.07, 6.45) is 9.08. The van der Waals surface area contributed by atoms with Crippen molar-refractivity contribution in [3.63, 3.8) is 0 Å². The second-order valence-corrected chi connectivity index (χ2v) is 7.17. The van der Waals surface area contributed by atoms with Crippen LogP contribution in [0.15, 0.2) is 0 Å². The molecule has 0 bridgehead atoms. The quantitative estimate of drug-likeness (QED) is 0.734. The van der Waals surface area contributed by atoms with E-state index in [2.05, 4.69) is 26.1 Å². The fraction of sp³-hybridized carbons (Fsp3) is 1.00. The molecule has 0 atom stereocenters. The Morgan fingerprint density at radius 3 is 2.41 bits per heavy atom. The summed E-state index contributed by atoms with van der Waals surface area (Å²) >= 11 is 0. The zero-order chi connectivity index (χ0) is 12.4. The van der Waals surface area contributed by atoms with Gasteiger partial charge in [-0.15, -0.1) is 0 Å². The SMILES string of the molecule is CC(C)(C)CCOC1(CCNC2CC2)CCC1. The van der Waals surface area contributed by atoms with Crippen LogP contribution in [0.1, 0.15) is 65.7 Å². The van der Waals surface area contributed by atoms with E-state index in [9.17, 15) is 0 Å². The lowest BCUT2D eigenvalue weighted by Gasteiger charge is -2.42. The third kappa shape index (κ3) is 4.59. The molecule has 2 aliphatic carbocycles. The van der Waals surface area contributed by atoms with Crippen molar-refractivity contribution in [3.05, 3.63) is 0 Å². The van der Waals surface area contributed by atoms with E-state index in [4.69, 9.17) is 4.74 Å². The third-order valence-electron chi connectivity index (χ3n) is 4.12. The summed E-state index contributed by atoms with van der Waals surface area (Å²) in [5.74, 6) is 0. The number of ether oxygens (including phenoxy) is 1. The van der Waals surface area contributed by atoms with Crippen LogP contribution in [0.5, 0.6) is 0 Å². The summed E-state index contributed by atoms with van der Waals surface area (Å²) in [7, 11) is 0. The summed E-state index contributed by atoms with van der Waals surface area (Å²) < 4.78 is 6.20. The molecule has 0 aliphatic heterocycles. The van der Waals surface area contributed by atoms with Crippen LogP contribution in [0.2, 0.25) is 0 Å². The molecule has 0 saturated heterocycles. The Morgan fingerprint density at radius 2 is 1.94 bits per heavy atom. The van der Waals surface area contributed by atoms with Crippen molar-refractivity contribution >= 4 is 0 Å². The van der Waals surface area contributed by atoms with Gasteiger partial charge in [-0.05, 0) is 56.9 Å². The van der Waals surface area contributed by atoms with Gasteiger partial charge in [0.25, 0.3) is 0 Å². The maximum Gasteiger partial charge on any atom is 0.0694 e. The van der Waals surface area contributed by atoms with Crippen LogP contribution in [0, 0.1) is 5.41 Å². The van der Waals surface area contributed by atoms with Gasteiger partial charge in [-0.1, -0.05) is 20.8 Å². The van der Waals surface area contributed by atoms with Gasteiger partial charge in [-0.2, -0.15) is 0 Å². The van der Waals surface area contributed by atoms with Crippen molar-refractivity contribution in [1.82, 2.24) is 5.32 Å². The van der Waals surface area contributed by atoms with Gasteiger partial charge < -0.3 is 10.1 Å². The molecule has 2 rings (SSSR count). The smallest absolute Gasteiger partial charge is 0.0694 e. The first kappa shape index (κ1) is 13.4. The highest BCUT2D eigenvalue weighted by Crippen LogP contribution is 2.39. The fourth-order valence-corrected chi connectivity index (χ4v) is 2.40.